The summed E-state index contributed by atoms with van der Waals surface area (Å²) < 4.78 is 0. The van der Waals surface area contributed by atoms with Crippen LogP contribution in [0.2, 0.25) is 0 Å². The maximum Gasteiger partial charge on any atom is 0.0337 e. The van der Waals surface area contributed by atoms with Gasteiger partial charge in [-0.05, 0) is 52.5 Å². The molecule has 2 aliphatic rings. The second-order valence-corrected chi connectivity index (χ2v) is 6.46. The standard InChI is InChI=1S/C13H26N2/c1-10(2)15-7-6-12(4)8-11(3)14-13(12,5)9-15/h10-11,14H,6-9H2,1-5H3/t11?,12-,13-/m1/s1. The molecule has 0 aromatic rings. The van der Waals surface area contributed by atoms with Crippen LogP contribution < -0.4 is 5.32 Å². The van der Waals surface area contributed by atoms with Gasteiger partial charge in [-0.25, -0.2) is 0 Å². The molecule has 0 saturated carbocycles. The predicted octanol–water partition coefficient (Wildman–Crippen LogP) is 2.25. The molecule has 2 saturated heterocycles. The maximum absolute atomic E-state index is 3.82. The van der Waals surface area contributed by atoms with Crippen LogP contribution in [0.4, 0.5) is 0 Å². The molecule has 0 radical (unpaired) electrons. The van der Waals surface area contributed by atoms with Crippen LogP contribution >= 0.6 is 0 Å². The van der Waals surface area contributed by atoms with Crippen molar-refractivity contribution in [2.45, 2.75) is 65.1 Å². The van der Waals surface area contributed by atoms with Gasteiger partial charge in [-0.2, -0.15) is 0 Å². The van der Waals surface area contributed by atoms with E-state index in [-0.39, 0.29) is 0 Å². The lowest BCUT2D eigenvalue weighted by atomic mass is 9.67. The van der Waals surface area contributed by atoms with E-state index >= 15 is 0 Å². The first-order valence-corrected chi connectivity index (χ1v) is 6.38. The summed E-state index contributed by atoms with van der Waals surface area (Å²) in [6.07, 6.45) is 2.69. The van der Waals surface area contributed by atoms with Crippen LogP contribution in [0.1, 0.15) is 47.5 Å². The molecule has 0 aromatic carbocycles. The zero-order chi connectivity index (χ0) is 11.3. The summed E-state index contributed by atoms with van der Waals surface area (Å²) in [4.78, 5) is 2.62. The third kappa shape index (κ3) is 1.72. The molecule has 2 aliphatic heterocycles. The third-order valence-corrected chi connectivity index (χ3v) is 4.85. The van der Waals surface area contributed by atoms with Gasteiger partial charge in [-0.1, -0.05) is 6.92 Å². The minimum absolute atomic E-state index is 0.328. The fourth-order valence-corrected chi connectivity index (χ4v) is 3.60. The molecule has 88 valence electrons. The Bertz CT molecular complexity index is 251. The van der Waals surface area contributed by atoms with Crippen molar-refractivity contribution in [1.29, 1.82) is 0 Å². The zero-order valence-electron chi connectivity index (χ0n) is 10.9. The van der Waals surface area contributed by atoms with E-state index in [2.05, 4.69) is 44.8 Å². The minimum atomic E-state index is 0.328. The van der Waals surface area contributed by atoms with Crippen molar-refractivity contribution in [1.82, 2.24) is 10.2 Å². The highest BCUT2D eigenvalue weighted by Crippen LogP contribution is 2.47. The summed E-state index contributed by atoms with van der Waals surface area (Å²) in [5, 5.41) is 3.82. The molecule has 1 N–H and O–H groups in total. The Morgan fingerprint density at radius 1 is 1.33 bits per heavy atom. The summed E-state index contributed by atoms with van der Waals surface area (Å²) in [6, 6.07) is 1.37. The lowest BCUT2D eigenvalue weighted by Crippen LogP contribution is -2.61. The molecule has 2 nitrogen and oxygen atoms in total. The Hall–Kier alpha value is -0.0800. The van der Waals surface area contributed by atoms with Crippen LogP contribution in [0.5, 0.6) is 0 Å². The molecule has 2 fully saturated rings. The van der Waals surface area contributed by atoms with Crippen molar-refractivity contribution in [3.8, 4) is 0 Å². The second-order valence-electron chi connectivity index (χ2n) is 6.46. The smallest absolute Gasteiger partial charge is 0.0337 e. The average molecular weight is 210 g/mol. The summed E-state index contributed by atoms with van der Waals surface area (Å²) >= 11 is 0. The number of rotatable bonds is 1. The fourth-order valence-electron chi connectivity index (χ4n) is 3.60. The first-order valence-electron chi connectivity index (χ1n) is 6.38. The number of fused-ring (bicyclic) bond motifs is 1. The van der Waals surface area contributed by atoms with E-state index < -0.39 is 0 Å². The highest BCUT2D eigenvalue weighted by molar-refractivity contribution is 5.11. The SMILES string of the molecule is CC1C[C@@]2(C)CCN(C(C)C)C[C@@]2(C)N1. The molecule has 15 heavy (non-hydrogen) atoms. The van der Waals surface area contributed by atoms with Crippen LogP contribution in [-0.2, 0) is 0 Å². The van der Waals surface area contributed by atoms with Crippen LogP contribution in [0, 0.1) is 5.41 Å². The Morgan fingerprint density at radius 3 is 2.60 bits per heavy atom. The summed E-state index contributed by atoms with van der Waals surface area (Å²) in [5.74, 6) is 0. The molecule has 0 amide bonds. The second kappa shape index (κ2) is 3.46. The normalized spacial score (nSPS) is 47.2. The third-order valence-electron chi connectivity index (χ3n) is 4.85. The molecular weight excluding hydrogens is 184 g/mol. The van der Waals surface area contributed by atoms with Gasteiger partial charge in [0, 0.05) is 24.2 Å². The highest BCUT2D eigenvalue weighted by atomic mass is 15.2. The first kappa shape index (κ1) is 11.4. The Kier molecular flexibility index (Phi) is 2.63. The van der Waals surface area contributed by atoms with E-state index in [1.165, 1.54) is 25.9 Å². The predicted molar refractivity (Wildman–Crippen MR) is 65.1 cm³/mol. The summed E-state index contributed by atoms with van der Waals surface area (Å²) in [5.41, 5.74) is 0.840. The van der Waals surface area contributed by atoms with Crippen molar-refractivity contribution < 1.29 is 0 Å². The number of likely N-dealkylation sites (tertiary alicyclic amines) is 1. The Labute approximate surface area is 94.4 Å². The van der Waals surface area contributed by atoms with Gasteiger partial charge >= 0.3 is 0 Å². The Balaban J connectivity index is 2.17. The van der Waals surface area contributed by atoms with Crippen molar-refractivity contribution >= 4 is 0 Å². The van der Waals surface area contributed by atoms with Gasteiger partial charge < -0.3 is 5.32 Å². The quantitative estimate of drug-likeness (QED) is 0.714. The average Bonchev–Trinajstić information content (AvgIpc) is 2.32. The van der Waals surface area contributed by atoms with E-state index in [4.69, 9.17) is 0 Å². The van der Waals surface area contributed by atoms with Crippen LogP contribution in [0.25, 0.3) is 0 Å². The molecule has 2 heteroatoms. The number of hydrogen-bond donors (Lipinski definition) is 1. The molecule has 0 aromatic heterocycles. The van der Waals surface area contributed by atoms with Gasteiger partial charge in [-0.3, -0.25) is 4.90 Å². The number of piperidine rings is 1. The van der Waals surface area contributed by atoms with Gasteiger partial charge in [0.2, 0.25) is 0 Å². The van der Waals surface area contributed by atoms with Gasteiger partial charge in [0.15, 0.2) is 0 Å². The molecule has 0 bridgehead atoms. The number of hydrogen-bond acceptors (Lipinski definition) is 2. The molecule has 0 spiro atoms. The van der Waals surface area contributed by atoms with E-state index in [9.17, 15) is 0 Å². The molecule has 3 atom stereocenters. The van der Waals surface area contributed by atoms with E-state index in [0.29, 0.717) is 23.0 Å². The van der Waals surface area contributed by atoms with Crippen molar-refractivity contribution in [3.63, 3.8) is 0 Å². The van der Waals surface area contributed by atoms with Crippen molar-refractivity contribution in [2.24, 2.45) is 5.41 Å². The summed E-state index contributed by atoms with van der Waals surface area (Å²) in [6.45, 7) is 14.3. The van der Waals surface area contributed by atoms with Gasteiger partial charge in [0.1, 0.15) is 0 Å². The molecular formula is C13H26N2. The van der Waals surface area contributed by atoms with E-state index in [0.717, 1.165) is 0 Å². The molecule has 0 aliphatic carbocycles. The van der Waals surface area contributed by atoms with E-state index in [1.54, 1.807) is 0 Å². The monoisotopic (exact) mass is 210 g/mol. The Morgan fingerprint density at radius 2 is 2.00 bits per heavy atom. The number of nitrogens with one attached hydrogen (secondary N) is 1. The zero-order valence-corrected chi connectivity index (χ0v) is 10.9. The molecule has 2 rings (SSSR count). The van der Waals surface area contributed by atoms with Crippen molar-refractivity contribution in [3.05, 3.63) is 0 Å². The maximum atomic E-state index is 3.82. The largest absolute Gasteiger partial charge is 0.307 e. The lowest BCUT2D eigenvalue weighted by Gasteiger charge is -2.50. The van der Waals surface area contributed by atoms with Gasteiger partial charge in [-0.15, -0.1) is 0 Å². The topological polar surface area (TPSA) is 15.3 Å². The van der Waals surface area contributed by atoms with Crippen LogP contribution in [0.3, 0.4) is 0 Å². The summed E-state index contributed by atoms with van der Waals surface area (Å²) in [7, 11) is 0. The van der Waals surface area contributed by atoms with Gasteiger partial charge in [0.25, 0.3) is 0 Å². The minimum Gasteiger partial charge on any atom is -0.307 e. The molecule has 2 heterocycles. The van der Waals surface area contributed by atoms with E-state index in [1.807, 2.05) is 0 Å². The molecule has 1 unspecified atom stereocenters. The van der Waals surface area contributed by atoms with Gasteiger partial charge in [0.05, 0.1) is 0 Å². The highest BCUT2D eigenvalue weighted by Gasteiger charge is 2.53. The van der Waals surface area contributed by atoms with Crippen LogP contribution in [0.15, 0.2) is 0 Å². The fraction of sp³-hybridized carbons (Fsp3) is 1.00. The number of nitrogens with zero attached hydrogens (tertiary/aromatic N) is 1. The van der Waals surface area contributed by atoms with Crippen molar-refractivity contribution in [2.75, 3.05) is 13.1 Å². The first-order chi connectivity index (χ1) is 6.86. The van der Waals surface area contributed by atoms with Crippen LogP contribution in [-0.4, -0.2) is 35.6 Å². The lowest BCUT2D eigenvalue weighted by molar-refractivity contribution is 0.0261.